The van der Waals surface area contributed by atoms with Crippen LogP contribution in [0.5, 0.6) is 0 Å². The molecule has 1 aromatic carbocycles. The first-order valence-corrected chi connectivity index (χ1v) is 5.69. The molecule has 0 fully saturated rings. The molecular formula is C12H10ClN3O3. The number of anilines is 1. The fourth-order valence-electron chi connectivity index (χ4n) is 1.74. The SMILES string of the molecule is Nc1cccc(Cn2cc(Cl)cnc2=O)c1C(=O)O. The Labute approximate surface area is 113 Å². The number of hydrogen-bond donors (Lipinski definition) is 2. The number of nitrogens with zero attached hydrogens (tertiary/aromatic N) is 2. The Morgan fingerprint density at radius 1 is 1.47 bits per heavy atom. The van der Waals surface area contributed by atoms with Crippen LogP contribution < -0.4 is 11.4 Å². The molecule has 0 saturated carbocycles. The molecule has 3 N–H and O–H groups in total. The summed E-state index contributed by atoms with van der Waals surface area (Å²) in [5.41, 5.74) is 5.67. The highest BCUT2D eigenvalue weighted by Crippen LogP contribution is 2.18. The van der Waals surface area contributed by atoms with Crippen molar-refractivity contribution in [1.82, 2.24) is 9.55 Å². The van der Waals surface area contributed by atoms with Gasteiger partial charge in [0.15, 0.2) is 0 Å². The fourth-order valence-corrected chi connectivity index (χ4v) is 1.90. The summed E-state index contributed by atoms with van der Waals surface area (Å²) < 4.78 is 1.23. The standard InChI is InChI=1S/C12H10ClN3O3/c13-8-4-15-12(19)16(6-8)5-7-2-1-3-9(14)10(7)11(17)18/h1-4,6H,5,14H2,(H,17,18). The first-order chi connectivity index (χ1) is 8.99. The van der Waals surface area contributed by atoms with Crippen LogP contribution in [0.1, 0.15) is 15.9 Å². The van der Waals surface area contributed by atoms with E-state index in [1.54, 1.807) is 12.1 Å². The maximum atomic E-state index is 11.6. The Morgan fingerprint density at radius 2 is 2.21 bits per heavy atom. The molecule has 0 saturated heterocycles. The Kier molecular flexibility index (Phi) is 3.52. The second kappa shape index (κ2) is 5.11. The van der Waals surface area contributed by atoms with E-state index < -0.39 is 11.7 Å². The van der Waals surface area contributed by atoms with Crippen LogP contribution in [-0.4, -0.2) is 20.6 Å². The highest BCUT2D eigenvalue weighted by atomic mass is 35.5. The third-order valence-corrected chi connectivity index (χ3v) is 2.76. The van der Waals surface area contributed by atoms with E-state index in [0.29, 0.717) is 10.6 Å². The number of benzene rings is 1. The lowest BCUT2D eigenvalue weighted by Crippen LogP contribution is -2.23. The van der Waals surface area contributed by atoms with Gasteiger partial charge in [-0.3, -0.25) is 4.57 Å². The minimum absolute atomic E-state index is 0.0191. The molecule has 6 nitrogen and oxygen atoms in total. The van der Waals surface area contributed by atoms with Gasteiger partial charge in [-0.25, -0.2) is 14.6 Å². The minimum Gasteiger partial charge on any atom is -0.478 e. The van der Waals surface area contributed by atoms with E-state index >= 15 is 0 Å². The average Bonchev–Trinajstić information content (AvgIpc) is 2.33. The first-order valence-electron chi connectivity index (χ1n) is 5.31. The van der Waals surface area contributed by atoms with Crippen molar-refractivity contribution in [2.24, 2.45) is 0 Å². The van der Waals surface area contributed by atoms with Crippen LogP contribution >= 0.6 is 11.6 Å². The smallest absolute Gasteiger partial charge is 0.347 e. The predicted octanol–water partition coefficient (Wildman–Crippen LogP) is 1.23. The summed E-state index contributed by atoms with van der Waals surface area (Å²) in [6.45, 7) is 0.0407. The zero-order valence-electron chi connectivity index (χ0n) is 9.71. The van der Waals surface area contributed by atoms with Crippen molar-refractivity contribution >= 4 is 23.3 Å². The molecule has 1 heterocycles. The van der Waals surface area contributed by atoms with Crippen LogP contribution in [-0.2, 0) is 6.54 Å². The van der Waals surface area contributed by atoms with Crippen molar-refractivity contribution in [3.63, 3.8) is 0 Å². The summed E-state index contributed by atoms with van der Waals surface area (Å²) in [7, 11) is 0. The summed E-state index contributed by atoms with van der Waals surface area (Å²) in [5.74, 6) is -1.14. The zero-order chi connectivity index (χ0) is 14.0. The molecule has 0 amide bonds. The van der Waals surface area contributed by atoms with Crippen LogP contribution in [0.2, 0.25) is 5.02 Å². The molecule has 0 aliphatic rings. The van der Waals surface area contributed by atoms with E-state index in [2.05, 4.69) is 4.98 Å². The summed E-state index contributed by atoms with van der Waals surface area (Å²) in [5, 5.41) is 9.43. The largest absolute Gasteiger partial charge is 0.478 e. The van der Waals surface area contributed by atoms with E-state index in [4.69, 9.17) is 22.4 Å². The lowest BCUT2D eigenvalue weighted by molar-refractivity contribution is 0.0696. The predicted molar refractivity (Wildman–Crippen MR) is 70.4 cm³/mol. The van der Waals surface area contributed by atoms with Gasteiger partial charge in [-0.2, -0.15) is 0 Å². The van der Waals surface area contributed by atoms with Gasteiger partial charge < -0.3 is 10.8 Å². The van der Waals surface area contributed by atoms with Crippen LogP contribution in [0.25, 0.3) is 0 Å². The molecule has 0 aliphatic carbocycles. The van der Waals surface area contributed by atoms with Crippen molar-refractivity contribution in [2.75, 3.05) is 5.73 Å². The van der Waals surface area contributed by atoms with Gasteiger partial charge in [-0.05, 0) is 11.6 Å². The molecule has 2 aromatic rings. The quantitative estimate of drug-likeness (QED) is 0.823. The first kappa shape index (κ1) is 13.1. The lowest BCUT2D eigenvalue weighted by atomic mass is 10.1. The number of halogens is 1. The molecule has 0 radical (unpaired) electrons. The van der Waals surface area contributed by atoms with Crippen molar-refractivity contribution in [1.29, 1.82) is 0 Å². The van der Waals surface area contributed by atoms with Crippen LogP contribution in [0.15, 0.2) is 35.4 Å². The number of carboxylic acids is 1. The van der Waals surface area contributed by atoms with Gasteiger partial charge in [0.2, 0.25) is 0 Å². The van der Waals surface area contributed by atoms with E-state index in [1.807, 2.05) is 0 Å². The maximum Gasteiger partial charge on any atom is 0.347 e. The average molecular weight is 280 g/mol. The van der Waals surface area contributed by atoms with Crippen LogP contribution in [0.3, 0.4) is 0 Å². The van der Waals surface area contributed by atoms with Crippen molar-refractivity contribution in [3.8, 4) is 0 Å². The molecule has 0 unspecified atom stereocenters. The number of carboxylic acid groups (broad SMARTS) is 1. The third-order valence-electron chi connectivity index (χ3n) is 2.56. The van der Waals surface area contributed by atoms with E-state index in [1.165, 1.54) is 23.0 Å². The molecule has 0 aliphatic heterocycles. The minimum atomic E-state index is -1.14. The fraction of sp³-hybridized carbons (Fsp3) is 0.0833. The summed E-state index contributed by atoms with van der Waals surface area (Å²) in [6, 6.07) is 4.71. The lowest BCUT2D eigenvalue weighted by Gasteiger charge is -2.10. The van der Waals surface area contributed by atoms with Crippen molar-refractivity contribution in [3.05, 3.63) is 57.2 Å². The number of nitrogen functional groups attached to an aromatic ring is 1. The summed E-state index contributed by atoms with van der Waals surface area (Å²) in [6.07, 6.45) is 2.63. The van der Waals surface area contributed by atoms with Crippen LogP contribution in [0, 0.1) is 0 Å². The van der Waals surface area contributed by atoms with Gasteiger partial charge in [-0.15, -0.1) is 0 Å². The number of aromatic carboxylic acids is 1. The number of hydrogen-bond acceptors (Lipinski definition) is 4. The molecule has 2 rings (SSSR count). The summed E-state index contributed by atoms with van der Waals surface area (Å²) >= 11 is 5.75. The highest BCUT2D eigenvalue weighted by Gasteiger charge is 2.14. The summed E-state index contributed by atoms with van der Waals surface area (Å²) in [4.78, 5) is 26.3. The maximum absolute atomic E-state index is 11.6. The monoisotopic (exact) mass is 279 g/mol. The Balaban J connectivity index is 2.50. The topological polar surface area (TPSA) is 98.2 Å². The molecule has 7 heteroatoms. The van der Waals surface area contributed by atoms with Gasteiger partial charge in [0.1, 0.15) is 0 Å². The highest BCUT2D eigenvalue weighted by molar-refractivity contribution is 6.30. The molecule has 19 heavy (non-hydrogen) atoms. The molecule has 98 valence electrons. The normalized spacial score (nSPS) is 10.4. The molecule has 0 spiro atoms. The van der Waals surface area contributed by atoms with Gasteiger partial charge >= 0.3 is 11.7 Å². The van der Waals surface area contributed by atoms with Gasteiger partial charge in [0, 0.05) is 11.9 Å². The Bertz CT molecular complexity index is 697. The van der Waals surface area contributed by atoms with E-state index in [0.717, 1.165) is 0 Å². The number of nitrogens with two attached hydrogens (primary N) is 1. The molecule has 0 atom stereocenters. The second-order valence-corrected chi connectivity index (χ2v) is 4.31. The number of carbonyl (C=O) groups is 1. The van der Waals surface area contributed by atoms with Gasteiger partial charge in [-0.1, -0.05) is 23.7 Å². The van der Waals surface area contributed by atoms with E-state index in [-0.39, 0.29) is 17.8 Å². The van der Waals surface area contributed by atoms with Gasteiger partial charge in [0.05, 0.1) is 23.3 Å². The third kappa shape index (κ3) is 2.74. The molecular weight excluding hydrogens is 270 g/mol. The zero-order valence-corrected chi connectivity index (χ0v) is 10.5. The van der Waals surface area contributed by atoms with E-state index in [9.17, 15) is 9.59 Å². The number of rotatable bonds is 3. The van der Waals surface area contributed by atoms with Crippen LogP contribution in [0.4, 0.5) is 5.69 Å². The van der Waals surface area contributed by atoms with Crippen molar-refractivity contribution < 1.29 is 9.90 Å². The Hall–Kier alpha value is -2.34. The molecule has 0 bridgehead atoms. The van der Waals surface area contributed by atoms with Gasteiger partial charge in [0.25, 0.3) is 0 Å². The second-order valence-electron chi connectivity index (χ2n) is 3.87. The Morgan fingerprint density at radius 3 is 2.89 bits per heavy atom. The molecule has 1 aromatic heterocycles. The van der Waals surface area contributed by atoms with Crippen molar-refractivity contribution in [2.45, 2.75) is 6.54 Å². The number of aromatic nitrogens is 2.